The average molecular weight is 424 g/mol. The standard InChI is InChI=1S/C12H14BrClN2O.C3H8O2.C2H6/c13-11-7-8(14)6-10(16-11)12(17)15-9-4-2-1-3-5-9;1-5-3-2-4;1-2/h6-7,9H,1-5H2,(H,15,17);4H,2-3H2,1H3;1-2H3. The molecule has 2 N–H and O–H groups in total. The van der Waals surface area contributed by atoms with Gasteiger partial charge in [-0.2, -0.15) is 0 Å². The van der Waals surface area contributed by atoms with E-state index < -0.39 is 0 Å². The molecule has 138 valence electrons. The van der Waals surface area contributed by atoms with Gasteiger partial charge in [0, 0.05) is 18.2 Å². The van der Waals surface area contributed by atoms with Crippen LogP contribution in [0, 0.1) is 0 Å². The number of aliphatic hydroxyl groups excluding tert-OH is 1. The summed E-state index contributed by atoms with van der Waals surface area (Å²) in [4.78, 5) is 16.1. The minimum Gasteiger partial charge on any atom is -0.394 e. The molecule has 0 aliphatic heterocycles. The third-order valence-corrected chi connectivity index (χ3v) is 3.85. The highest BCUT2D eigenvalue weighted by Gasteiger charge is 2.17. The Morgan fingerprint density at radius 3 is 2.46 bits per heavy atom. The van der Waals surface area contributed by atoms with Gasteiger partial charge in [-0.3, -0.25) is 4.79 Å². The maximum Gasteiger partial charge on any atom is 0.270 e. The number of nitrogens with one attached hydrogen (secondary N) is 1. The lowest BCUT2D eigenvalue weighted by atomic mass is 9.95. The van der Waals surface area contributed by atoms with Crippen LogP contribution in [0.25, 0.3) is 0 Å². The van der Waals surface area contributed by atoms with Gasteiger partial charge in [-0.05, 0) is 40.9 Å². The van der Waals surface area contributed by atoms with E-state index in [-0.39, 0.29) is 18.6 Å². The van der Waals surface area contributed by atoms with Crippen LogP contribution < -0.4 is 5.32 Å². The molecule has 1 amide bonds. The molecule has 0 radical (unpaired) electrons. The molecule has 1 saturated carbocycles. The number of aliphatic hydroxyl groups is 1. The molecule has 0 unspecified atom stereocenters. The molecule has 7 heteroatoms. The van der Waals surface area contributed by atoms with Gasteiger partial charge >= 0.3 is 0 Å². The maximum absolute atomic E-state index is 12.0. The second-order valence-corrected chi connectivity index (χ2v) is 6.27. The van der Waals surface area contributed by atoms with Crippen LogP contribution in [-0.2, 0) is 4.74 Å². The normalized spacial score (nSPS) is 13.9. The maximum atomic E-state index is 12.0. The zero-order chi connectivity index (χ0) is 18.4. The van der Waals surface area contributed by atoms with Gasteiger partial charge in [-0.1, -0.05) is 44.7 Å². The molecular weight excluding hydrogens is 396 g/mol. The lowest BCUT2D eigenvalue weighted by molar-refractivity contribution is 0.0922. The molecule has 0 saturated heterocycles. The minimum atomic E-state index is -0.139. The van der Waals surface area contributed by atoms with Crippen LogP contribution in [0.15, 0.2) is 16.7 Å². The van der Waals surface area contributed by atoms with Crippen molar-refractivity contribution >= 4 is 33.4 Å². The van der Waals surface area contributed by atoms with E-state index in [4.69, 9.17) is 16.7 Å². The number of methoxy groups -OCH3 is 1. The zero-order valence-corrected chi connectivity index (χ0v) is 17.0. The first-order chi connectivity index (χ1) is 11.6. The summed E-state index contributed by atoms with van der Waals surface area (Å²) in [6.45, 7) is 4.57. The SMILES string of the molecule is CC.COCCO.O=C(NC1CCCCC1)c1cc(Cl)cc(Br)n1. The van der Waals surface area contributed by atoms with E-state index in [0.29, 0.717) is 21.9 Å². The zero-order valence-electron chi connectivity index (χ0n) is 14.6. The van der Waals surface area contributed by atoms with Gasteiger partial charge in [0.1, 0.15) is 10.3 Å². The van der Waals surface area contributed by atoms with Crippen LogP contribution in [0.4, 0.5) is 0 Å². The Balaban J connectivity index is 0.000000650. The van der Waals surface area contributed by atoms with Crippen LogP contribution >= 0.6 is 27.5 Å². The highest BCUT2D eigenvalue weighted by molar-refractivity contribution is 9.10. The summed E-state index contributed by atoms with van der Waals surface area (Å²) in [5.74, 6) is -0.139. The minimum absolute atomic E-state index is 0.122. The van der Waals surface area contributed by atoms with E-state index in [0.717, 1.165) is 12.8 Å². The smallest absolute Gasteiger partial charge is 0.270 e. The predicted octanol–water partition coefficient (Wildman–Crippen LogP) is 4.21. The van der Waals surface area contributed by atoms with Crippen molar-refractivity contribution in [3.05, 3.63) is 27.5 Å². The molecule has 1 aliphatic carbocycles. The quantitative estimate of drug-likeness (QED) is 0.712. The van der Waals surface area contributed by atoms with Crippen molar-refractivity contribution in [3.63, 3.8) is 0 Å². The molecule has 24 heavy (non-hydrogen) atoms. The van der Waals surface area contributed by atoms with E-state index in [1.54, 1.807) is 19.2 Å². The number of aromatic nitrogens is 1. The summed E-state index contributed by atoms with van der Waals surface area (Å²) in [5, 5.41) is 11.5. The van der Waals surface area contributed by atoms with Crippen molar-refractivity contribution in [1.82, 2.24) is 10.3 Å². The van der Waals surface area contributed by atoms with Crippen LogP contribution in [0.2, 0.25) is 5.02 Å². The average Bonchev–Trinajstić information content (AvgIpc) is 2.58. The van der Waals surface area contributed by atoms with Gasteiger partial charge in [0.2, 0.25) is 0 Å². The molecule has 0 bridgehead atoms. The molecule has 1 aromatic heterocycles. The number of pyridine rings is 1. The first kappa shape index (κ1) is 23.3. The number of amides is 1. The number of nitrogens with zero attached hydrogens (tertiary/aromatic N) is 1. The van der Waals surface area contributed by atoms with Crippen molar-refractivity contribution in [2.75, 3.05) is 20.3 Å². The molecule has 5 nitrogen and oxygen atoms in total. The summed E-state index contributed by atoms with van der Waals surface area (Å²) in [7, 11) is 1.55. The fourth-order valence-electron chi connectivity index (χ4n) is 2.18. The van der Waals surface area contributed by atoms with Gasteiger partial charge in [-0.15, -0.1) is 0 Å². The monoisotopic (exact) mass is 422 g/mol. The van der Waals surface area contributed by atoms with E-state index >= 15 is 0 Å². The van der Waals surface area contributed by atoms with E-state index in [2.05, 4.69) is 31.0 Å². The van der Waals surface area contributed by atoms with Crippen molar-refractivity contribution < 1.29 is 14.6 Å². The lowest BCUT2D eigenvalue weighted by Gasteiger charge is -2.22. The molecular formula is C17H28BrClN2O3. The molecule has 1 heterocycles. The van der Waals surface area contributed by atoms with Crippen molar-refractivity contribution in [2.45, 2.75) is 52.0 Å². The van der Waals surface area contributed by atoms with Crippen LogP contribution in [0.1, 0.15) is 56.4 Å². The van der Waals surface area contributed by atoms with Gasteiger partial charge in [0.05, 0.1) is 13.2 Å². The Morgan fingerprint density at radius 2 is 2.00 bits per heavy atom. The number of carbonyl (C=O) groups excluding carboxylic acids is 1. The molecule has 0 atom stereocenters. The van der Waals surface area contributed by atoms with Gasteiger partial charge in [-0.25, -0.2) is 4.98 Å². The van der Waals surface area contributed by atoms with Crippen molar-refractivity contribution in [2.24, 2.45) is 0 Å². The first-order valence-corrected chi connectivity index (χ1v) is 9.47. The van der Waals surface area contributed by atoms with E-state index in [1.807, 2.05) is 13.8 Å². The first-order valence-electron chi connectivity index (χ1n) is 8.30. The second kappa shape index (κ2) is 14.6. The lowest BCUT2D eigenvalue weighted by Crippen LogP contribution is -2.36. The third kappa shape index (κ3) is 10.2. The van der Waals surface area contributed by atoms with Crippen LogP contribution in [0.5, 0.6) is 0 Å². The number of ether oxygens (including phenoxy) is 1. The van der Waals surface area contributed by atoms with E-state index in [9.17, 15) is 4.79 Å². The highest BCUT2D eigenvalue weighted by Crippen LogP contribution is 2.19. The number of halogens is 2. The number of carbonyl (C=O) groups is 1. The molecule has 0 aromatic carbocycles. The predicted molar refractivity (Wildman–Crippen MR) is 102 cm³/mol. The van der Waals surface area contributed by atoms with Crippen LogP contribution in [-0.4, -0.2) is 42.4 Å². The largest absolute Gasteiger partial charge is 0.394 e. The Morgan fingerprint density at radius 1 is 1.38 bits per heavy atom. The molecule has 2 rings (SSSR count). The fourth-order valence-corrected chi connectivity index (χ4v) is 2.96. The summed E-state index contributed by atoms with van der Waals surface area (Å²) < 4.78 is 5.02. The Kier molecular flexibility index (Phi) is 14.2. The van der Waals surface area contributed by atoms with Gasteiger partial charge in [0.25, 0.3) is 5.91 Å². The second-order valence-electron chi connectivity index (χ2n) is 5.02. The number of hydrogen-bond acceptors (Lipinski definition) is 4. The number of rotatable bonds is 4. The summed E-state index contributed by atoms with van der Waals surface area (Å²) >= 11 is 9.12. The van der Waals surface area contributed by atoms with E-state index in [1.165, 1.54) is 19.3 Å². The molecule has 1 aromatic rings. The Hall–Kier alpha value is -0.690. The van der Waals surface area contributed by atoms with Gasteiger partial charge in [0.15, 0.2) is 0 Å². The molecule has 1 fully saturated rings. The van der Waals surface area contributed by atoms with Crippen molar-refractivity contribution in [1.29, 1.82) is 0 Å². The van der Waals surface area contributed by atoms with Crippen molar-refractivity contribution in [3.8, 4) is 0 Å². The Bertz CT molecular complexity index is 447. The molecule has 1 aliphatic rings. The summed E-state index contributed by atoms with van der Waals surface area (Å²) in [6.07, 6.45) is 5.78. The fraction of sp³-hybridized carbons (Fsp3) is 0.647. The third-order valence-electron chi connectivity index (χ3n) is 3.23. The van der Waals surface area contributed by atoms with Gasteiger partial charge < -0.3 is 15.2 Å². The summed E-state index contributed by atoms with van der Waals surface area (Å²) in [5.41, 5.74) is 0.370. The Labute approximate surface area is 158 Å². The summed E-state index contributed by atoms with van der Waals surface area (Å²) in [6, 6.07) is 3.54. The topological polar surface area (TPSA) is 71.5 Å². The number of hydrogen-bond donors (Lipinski definition) is 2. The highest BCUT2D eigenvalue weighted by atomic mass is 79.9. The van der Waals surface area contributed by atoms with Crippen LogP contribution in [0.3, 0.4) is 0 Å². The molecule has 0 spiro atoms.